The van der Waals surface area contributed by atoms with Crippen molar-refractivity contribution >= 4 is 17.6 Å². The van der Waals surface area contributed by atoms with Crippen LogP contribution in [0.15, 0.2) is 18.2 Å². The van der Waals surface area contributed by atoms with E-state index in [1.807, 2.05) is 6.92 Å². The highest BCUT2D eigenvalue weighted by Crippen LogP contribution is 2.23. The minimum Gasteiger partial charge on any atom is -0.491 e. The molecule has 7 nitrogen and oxygen atoms in total. The van der Waals surface area contributed by atoms with Crippen LogP contribution in [0, 0.1) is 0 Å². The number of nitrogen functional groups attached to an aromatic ring is 1. The molecule has 0 bridgehead atoms. The maximum absolute atomic E-state index is 12.1. The summed E-state index contributed by atoms with van der Waals surface area (Å²) in [6, 6.07) is 4.74. The fraction of sp³-hybridized carbons (Fsp3) is 0.529. The molecule has 0 radical (unpaired) electrons. The number of nitrogens with two attached hydrogens (primary N) is 1. The Hall–Kier alpha value is -2.28. The topological polar surface area (TPSA) is 91.1 Å². The van der Waals surface area contributed by atoms with Crippen molar-refractivity contribution in [1.29, 1.82) is 0 Å². The number of hydrogen-bond donors (Lipinski definition) is 1. The van der Waals surface area contributed by atoms with E-state index in [1.165, 1.54) is 0 Å². The maximum atomic E-state index is 12.1. The van der Waals surface area contributed by atoms with Crippen molar-refractivity contribution < 1.29 is 23.8 Å². The number of nitrogens with zero attached hydrogens (tertiary/aromatic N) is 1. The van der Waals surface area contributed by atoms with Gasteiger partial charge in [-0.3, -0.25) is 4.79 Å². The lowest BCUT2D eigenvalue weighted by Gasteiger charge is -2.26. The lowest BCUT2D eigenvalue weighted by atomic mass is 10.2. The van der Waals surface area contributed by atoms with Gasteiger partial charge in [0.15, 0.2) is 0 Å². The summed E-state index contributed by atoms with van der Waals surface area (Å²) in [5.41, 5.74) is 6.66. The Bertz CT molecular complexity index is 570. The van der Waals surface area contributed by atoms with E-state index in [0.29, 0.717) is 49.9 Å². The molecule has 0 aliphatic carbocycles. The van der Waals surface area contributed by atoms with E-state index < -0.39 is 5.97 Å². The average Bonchev–Trinajstić information content (AvgIpc) is 2.61. The van der Waals surface area contributed by atoms with Gasteiger partial charge in [0.25, 0.3) is 0 Å². The van der Waals surface area contributed by atoms with Gasteiger partial charge in [-0.2, -0.15) is 0 Å². The van der Waals surface area contributed by atoms with Crippen LogP contribution in [0.4, 0.5) is 5.69 Å². The molecule has 0 saturated carbocycles. The van der Waals surface area contributed by atoms with E-state index >= 15 is 0 Å². The molecule has 1 heterocycles. The number of hydrogen-bond acceptors (Lipinski definition) is 6. The van der Waals surface area contributed by atoms with Gasteiger partial charge in [-0.05, 0) is 24.6 Å². The van der Waals surface area contributed by atoms with Gasteiger partial charge < -0.3 is 24.8 Å². The van der Waals surface area contributed by atoms with Crippen LogP contribution in [0.5, 0.6) is 5.75 Å². The molecule has 0 aromatic heterocycles. The second-order valence-electron chi connectivity index (χ2n) is 5.48. The van der Waals surface area contributed by atoms with Gasteiger partial charge in [-0.25, -0.2) is 4.79 Å². The second kappa shape index (κ2) is 9.12. The molecule has 1 aromatic carbocycles. The molecule has 0 spiro atoms. The molecule has 1 fully saturated rings. The molecule has 1 aromatic rings. The molecule has 1 amide bonds. The lowest BCUT2D eigenvalue weighted by Crippen LogP contribution is -2.41. The van der Waals surface area contributed by atoms with Gasteiger partial charge in [-0.15, -0.1) is 0 Å². The van der Waals surface area contributed by atoms with Crippen molar-refractivity contribution in [1.82, 2.24) is 4.90 Å². The number of rotatable bonds is 7. The number of amides is 1. The lowest BCUT2D eigenvalue weighted by molar-refractivity contribution is -0.135. The van der Waals surface area contributed by atoms with Crippen molar-refractivity contribution in [3.63, 3.8) is 0 Å². The summed E-state index contributed by atoms with van der Waals surface area (Å²) >= 11 is 0. The zero-order chi connectivity index (χ0) is 17.4. The monoisotopic (exact) mass is 336 g/mol. The number of benzene rings is 1. The molecule has 2 rings (SSSR count). The van der Waals surface area contributed by atoms with Gasteiger partial charge in [0.1, 0.15) is 5.75 Å². The highest BCUT2D eigenvalue weighted by Gasteiger charge is 2.17. The average molecular weight is 336 g/mol. The molecular weight excluding hydrogens is 312 g/mol. The molecule has 132 valence electrons. The molecule has 24 heavy (non-hydrogen) atoms. The van der Waals surface area contributed by atoms with Crippen LogP contribution < -0.4 is 10.5 Å². The zero-order valence-electron chi connectivity index (χ0n) is 14.0. The molecule has 1 aliphatic heterocycles. The summed E-state index contributed by atoms with van der Waals surface area (Å²) in [6.07, 6.45) is 1.01. The Morgan fingerprint density at radius 1 is 1.25 bits per heavy atom. The van der Waals surface area contributed by atoms with E-state index in [-0.39, 0.29) is 18.9 Å². The predicted octanol–water partition coefficient (Wildman–Crippen LogP) is 1.46. The van der Waals surface area contributed by atoms with Crippen molar-refractivity contribution in [2.24, 2.45) is 0 Å². The first-order valence-corrected chi connectivity index (χ1v) is 8.16. The molecule has 0 atom stereocenters. The van der Waals surface area contributed by atoms with Crippen molar-refractivity contribution in [3.8, 4) is 5.75 Å². The molecule has 1 aliphatic rings. The van der Waals surface area contributed by atoms with Crippen molar-refractivity contribution in [2.75, 3.05) is 45.3 Å². The van der Waals surface area contributed by atoms with Gasteiger partial charge in [0, 0.05) is 13.1 Å². The quantitative estimate of drug-likeness (QED) is 0.599. The van der Waals surface area contributed by atoms with Crippen LogP contribution in [0.1, 0.15) is 30.1 Å². The SMILES string of the molecule is CCCOC(=O)c1ccc(N)c(OCCC(=O)N2CCOCC2)c1. The standard InChI is InChI=1S/C17H24N2O5/c1-2-8-24-17(21)13-3-4-14(18)15(12-13)23-9-5-16(20)19-6-10-22-11-7-19/h3-4,12H,2,5-11,18H2,1H3. The number of anilines is 1. The van der Waals surface area contributed by atoms with Crippen LogP contribution in [0.2, 0.25) is 0 Å². The molecular formula is C17H24N2O5. The fourth-order valence-corrected chi connectivity index (χ4v) is 2.28. The number of ether oxygens (including phenoxy) is 3. The summed E-state index contributed by atoms with van der Waals surface area (Å²) in [6.45, 7) is 4.86. The van der Waals surface area contributed by atoms with E-state index in [9.17, 15) is 9.59 Å². The van der Waals surface area contributed by atoms with Gasteiger partial charge >= 0.3 is 5.97 Å². The molecule has 0 unspecified atom stereocenters. The number of esters is 1. The smallest absolute Gasteiger partial charge is 0.338 e. The van der Waals surface area contributed by atoms with E-state index in [1.54, 1.807) is 23.1 Å². The second-order valence-corrected chi connectivity index (χ2v) is 5.48. The third-order valence-electron chi connectivity index (χ3n) is 3.62. The number of carbonyl (C=O) groups excluding carboxylic acids is 2. The van der Waals surface area contributed by atoms with Crippen molar-refractivity contribution in [2.45, 2.75) is 19.8 Å². The molecule has 1 saturated heterocycles. The van der Waals surface area contributed by atoms with E-state index in [2.05, 4.69) is 0 Å². The minimum atomic E-state index is -0.411. The summed E-state index contributed by atoms with van der Waals surface area (Å²) in [5.74, 6) is -0.00259. The van der Waals surface area contributed by atoms with Crippen LogP contribution in [0.25, 0.3) is 0 Å². The van der Waals surface area contributed by atoms with Gasteiger partial charge in [0.05, 0.1) is 44.1 Å². The third kappa shape index (κ3) is 5.13. The normalized spacial score (nSPS) is 14.3. The Labute approximate surface area is 141 Å². The van der Waals surface area contributed by atoms with Gasteiger partial charge in [-0.1, -0.05) is 6.92 Å². The highest BCUT2D eigenvalue weighted by atomic mass is 16.5. The summed E-state index contributed by atoms with van der Waals surface area (Å²) < 4.78 is 15.9. The zero-order valence-corrected chi connectivity index (χ0v) is 14.0. The minimum absolute atomic E-state index is 0.0235. The van der Waals surface area contributed by atoms with Crippen LogP contribution >= 0.6 is 0 Å². The highest BCUT2D eigenvalue weighted by molar-refractivity contribution is 5.90. The van der Waals surface area contributed by atoms with E-state index in [4.69, 9.17) is 19.9 Å². The number of morpholine rings is 1. The Morgan fingerprint density at radius 3 is 2.71 bits per heavy atom. The summed E-state index contributed by atoms with van der Waals surface area (Å²) in [7, 11) is 0. The maximum Gasteiger partial charge on any atom is 0.338 e. The van der Waals surface area contributed by atoms with Crippen LogP contribution in [-0.4, -0.2) is 56.3 Å². The molecule has 2 N–H and O–H groups in total. The Morgan fingerprint density at radius 2 is 2.00 bits per heavy atom. The molecule has 7 heteroatoms. The van der Waals surface area contributed by atoms with Crippen molar-refractivity contribution in [3.05, 3.63) is 23.8 Å². The summed E-state index contributed by atoms with van der Waals surface area (Å²) in [4.78, 5) is 25.7. The largest absolute Gasteiger partial charge is 0.491 e. The van der Waals surface area contributed by atoms with Crippen LogP contribution in [0.3, 0.4) is 0 Å². The predicted molar refractivity (Wildman–Crippen MR) is 88.9 cm³/mol. The number of carbonyl (C=O) groups is 2. The summed E-state index contributed by atoms with van der Waals surface area (Å²) in [5, 5.41) is 0. The first-order chi connectivity index (χ1) is 11.6. The first kappa shape index (κ1) is 18.1. The Balaban J connectivity index is 1.87. The van der Waals surface area contributed by atoms with Crippen LogP contribution in [-0.2, 0) is 14.3 Å². The Kier molecular flexibility index (Phi) is 6.87. The third-order valence-corrected chi connectivity index (χ3v) is 3.62. The van der Waals surface area contributed by atoms with Gasteiger partial charge in [0.2, 0.25) is 5.91 Å². The fourth-order valence-electron chi connectivity index (χ4n) is 2.28. The first-order valence-electron chi connectivity index (χ1n) is 8.16. The van der Waals surface area contributed by atoms with E-state index in [0.717, 1.165) is 6.42 Å².